The summed E-state index contributed by atoms with van der Waals surface area (Å²) in [7, 11) is 0. The van der Waals surface area contributed by atoms with Gasteiger partial charge in [-0.05, 0) is 48.5 Å². The zero-order valence-electron chi connectivity index (χ0n) is 15.6. The number of hydrogen-bond acceptors (Lipinski definition) is 6. The minimum Gasteiger partial charge on any atom is -0.488 e. The fourth-order valence-corrected chi connectivity index (χ4v) is 3.82. The molecule has 0 radical (unpaired) electrons. The molecule has 0 bridgehead atoms. The molecule has 150 valence electrons. The average molecular weight is 476 g/mol. The van der Waals surface area contributed by atoms with Gasteiger partial charge in [-0.15, -0.1) is 0 Å². The number of carbonyl (C=O) groups excluding carboxylic acids is 3. The Bertz CT molecular complexity index is 961. The van der Waals surface area contributed by atoms with E-state index in [2.05, 4.69) is 15.9 Å². The van der Waals surface area contributed by atoms with Gasteiger partial charge in [0, 0.05) is 10.0 Å². The van der Waals surface area contributed by atoms with E-state index in [-0.39, 0.29) is 11.5 Å². The minimum atomic E-state index is -0.620. The fraction of sp³-hybridized carbons (Fsp3) is 0.190. The van der Waals surface area contributed by atoms with Crippen molar-refractivity contribution >= 4 is 50.9 Å². The Morgan fingerprint density at radius 1 is 1.17 bits per heavy atom. The van der Waals surface area contributed by atoms with E-state index in [1.165, 1.54) is 0 Å². The zero-order valence-corrected chi connectivity index (χ0v) is 18.0. The molecular weight excluding hydrogens is 458 g/mol. The van der Waals surface area contributed by atoms with E-state index < -0.39 is 23.7 Å². The molecule has 0 N–H and O–H groups in total. The Hall–Kier alpha value is -2.58. The Kier molecular flexibility index (Phi) is 7.11. The second-order valence-electron chi connectivity index (χ2n) is 6.03. The van der Waals surface area contributed by atoms with E-state index in [0.29, 0.717) is 17.9 Å². The van der Waals surface area contributed by atoms with Gasteiger partial charge < -0.3 is 9.47 Å². The Morgan fingerprint density at radius 2 is 1.93 bits per heavy atom. The van der Waals surface area contributed by atoms with Gasteiger partial charge in [-0.3, -0.25) is 19.3 Å². The second-order valence-corrected chi connectivity index (χ2v) is 7.94. The normalized spacial score (nSPS) is 15.1. The number of rotatable bonds is 7. The maximum atomic E-state index is 12.6. The lowest BCUT2D eigenvalue weighted by Gasteiger charge is -2.11. The first-order valence-electron chi connectivity index (χ1n) is 8.85. The predicted octanol–water partition coefficient (Wildman–Crippen LogP) is 4.63. The lowest BCUT2D eigenvalue weighted by atomic mass is 10.1. The monoisotopic (exact) mass is 475 g/mol. The minimum absolute atomic E-state index is 0.186. The third-order valence-electron chi connectivity index (χ3n) is 3.96. The number of benzene rings is 2. The summed E-state index contributed by atoms with van der Waals surface area (Å²) in [6.45, 7) is 1.82. The first-order chi connectivity index (χ1) is 14.0. The van der Waals surface area contributed by atoms with Gasteiger partial charge >= 0.3 is 5.97 Å². The Balaban J connectivity index is 1.80. The Labute approximate surface area is 181 Å². The lowest BCUT2D eigenvalue weighted by molar-refractivity contribution is -0.145. The molecule has 0 unspecified atom stereocenters. The maximum absolute atomic E-state index is 12.6. The molecular formula is C21H18BrNO5S. The van der Waals surface area contributed by atoms with Gasteiger partial charge in [0.2, 0.25) is 0 Å². The van der Waals surface area contributed by atoms with Gasteiger partial charge in [0.1, 0.15) is 18.9 Å². The fourth-order valence-electron chi connectivity index (χ4n) is 2.61. The highest BCUT2D eigenvalue weighted by molar-refractivity contribution is 9.10. The van der Waals surface area contributed by atoms with Crippen LogP contribution < -0.4 is 4.74 Å². The number of halogens is 1. The SMILES string of the molecule is CCOC(=O)CN1C(=O)S/C(=C\c2cc(Br)ccc2OCc2ccccc2)C1=O. The highest BCUT2D eigenvalue weighted by atomic mass is 79.9. The van der Waals surface area contributed by atoms with Gasteiger partial charge in [-0.2, -0.15) is 0 Å². The van der Waals surface area contributed by atoms with Crippen molar-refractivity contribution in [3.63, 3.8) is 0 Å². The quantitative estimate of drug-likeness (QED) is 0.429. The van der Waals surface area contributed by atoms with Crippen LogP contribution in [0.1, 0.15) is 18.1 Å². The number of amides is 2. The van der Waals surface area contributed by atoms with Gasteiger partial charge in [0.05, 0.1) is 11.5 Å². The summed E-state index contributed by atoms with van der Waals surface area (Å²) in [5, 5.41) is -0.504. The summed E-state index contributed by atoms with van der Waals surface area (Å²) >= 11 is 4.20. The molecule has 8 heteroatoms. The van der Waals surface area contributed by atoms with Crippen LogP contribution in [0.15, 0.2) is 57.9 Å². The highest BCUT2D eigenvalue weighted by Gasteiger charge is 2.36. The zero-order chi connectivity index (χ0) is 20.8. The van der Waals surface area contributed by atoms with Crippen LogP contribution in [0.3, 0.4) is 0 Å². The highest BCUT2D eigenvalue weighted by Crippen LogP contribution is 2.35. The standard InChI is InChI=1S/C21H18BrNO5S/c1-2-27-19(24)12-23-20(25)18(29-21(23)26)11-15-10-16(22)8-9-17(15)28-13-14-6-4-3-5-7-14/h3-11H,2,12-13H2,1H3/b18-11-. The van der Waals surface area contributed by atoms with Crippen molar-refractivity contribution in [1.29, 1.82) is 0 Å². The molecule has 1 fully saturated rings. The smallest absolute Gasteiger partial charge is 0.326 e. The van der Waals surface area contributed by atoms with Gasteiger partial charge in [-0.25, -0.2) is 0 Å². The number of carbonyl (C=O) groups is 3. The van der Waals surface area contributed by atoms with Gasteiger partial charge in [0.25, 0.3) is 11.1 Å². The molecule has 0 saturated carbocycles. The summed E-state index contributed by atoms with van der Waals surface area (Å²) in [4.78, 5) is 37.5. The van der Waals surface area contributed by atoms with Crippen molar-refractivity contribution in [2.45, 2.75) is 13.5 Å². The average Bonchev–Trinajstić information content (AvgIpc) is 2.96. The molecule has 1 saturated heterocycles. The summed E-state index contributed by atoms with van der Waals surface area (Å²) < 4.78 is 11.5. The third kappa shape index (κ3) is 5.48. The Morgan fingerprint density at radius 3 is 2.66 bits per heavy atom. The number of imide groups is 1. The van der Waals surface area contributed by atoms with Crippen LogP contribution in [0, 0.1) is 0 Å². The molecule has 0 atom stereocenters. The van der Waals surface area contributed by atoms with Crippen molar-refractivity contribution in [3.8, 4) is 5.75 Å². The molecule has 2 aromatic carbocycles. The first kappa shape index (κ1) is 21.1. The van der Waals surface area contributed by atoms with Crippen LogP contribution in [0.25, 0.3) is 6.08 Å². The molecule has 1 heterocycles. The van der Waals surface area contributed by atoms with Crippen molar-refractivity contribution < 1.29 is 23.9 Å². The number of esters is 1. The molecule has 1 aliphatic rings. The number of nitrogens with zero attached hydrogens (tertiary/aromatic N) is 1. The molecule has 6 nitrogen and oxygen atoms in total. The number of ether oxygens (including phenoxy) is 2. The van der Waals surface area contributed by atoms with Crippen LogP contribution in [0.5, 0.6) is 5.75 Å². The van der Waals surface area contributed by atoms with E-state index in [1.807, 2.05) is 36.4 Å². The van der Waals surface area contributed by atoms with Crippen LogP contribution in [0.4, 0.5) is 4.79 Å². The van der Waals surface area contributed by atoms with Crippen molar-refractivity contribution in [3.05, 3.63) is 69.0 Å². The van der Waals surface area contributed by atoms with E-state index in [9.17, 15) is 14.4 Å². The van der Waals surface area contributed by atoms with Crippen molar-refractivity contribution in [2.24, 2.45) is 0 Å². The van der Waals surface area contributed by atoms with Crippen molar-refractivity contribution in [1.82, 2.24) is 4.90 Å². The third-order valence-corrected chi connectivity index (χ3v) is 5.36. The summed E-state index contributed by atoms with van der Waals surface area (Å²) in [5.74, 6) is -0.568. The molecule has 1 aliphatic heterocycles. The van der Waals surface area contributed by atoms with Crippen LogP contribution in [-0.4, -0.2) is 35.2 Å². The van der Waals surface area contributed by atoms with Gasteiger partial charge in [-0.1, -0.05) is 46.3 Å². The summed E-state index contributed by atoms with van der Waals surface area (Å²) in [5.41, 5.74) is 1.66. The largest absolute Gasteiger partial charge is 0.488 e. The molecule has 0 aromatic heterocycles. The molecule has 0 spiro atoms. The molecule has 3 rings (SSSR count). The van der Waals surface area contributed by atoms with Crippen LogP contribution in [0.2, 0.25) is 0 Å². The van der Waals surface area contributed by atoms with Crippen LogP contribution in [-0.2, 0) is 20.9 Å². The van der Waals surface area contributed by atoms with Crippen LogP contribution >= 0.6 is 27.7 Å². The molecule has 2 amide bonds. The second kappa shape index (κ2) is 9.76. The number of hydrogen-bond donors (Lipinski definition) is 0. The molecule has 2 aromatic rings. The molecule has 0 aliphatic carbocycles. The number of thioether (sulfide) groups is 1. The van der Waals surface area contributed by atoms with E-state index in [0.717, 1.165) is 26.7 Å². The van der Waals surface area contributed by atoms with E-state index >= 15 is 0 Å². The van der Waals surface area contributed by atoms with E-state index in [4.69, 9.17) is 9.47 Å². The maximum Gasteiger partial charge on any atom is 0.326 e. The van der Waals surface area contributed by atoms with Crippen molar-refractivity contribution in [2.75, 3.05) is 13.2 Å². The lowest BCUT2D eigenvalue weighted by Crippen LogP contribution is -2.34. The topological polar surface area (TPSA) is 72.9 Å². The molecule has 29 heavy (non-hydrogen) atoms. The first-order valence-corrected chi connectivity index (χ1v) is 10.5. The summed E-state index contributed by atoms with van der Waals surface area (Å²) in [6, 6.07) is 15.1. The van der Waals surface area contributed by atoms with E-state index in [1.54, 1.807) is 25.1 Å². The predicted molar refractivity (Wildman–Crippen MR) is 114 cm³/mol. The van der Waals surface area contributed by atoms with Gasteiger partial charge in [0.15, 0.2) is 0 Å². The summed E-state index contributed by atoms with van der Waals surface area (Å²) in [6.07, 6.45) is 1.60.